The Balaban J connectivity index is 1.61. The molecular weight excluding hydrogens is 294 g/mol. The molecule has 1 spiro atoms. The summed E-state index contributed by atoms with van der Waals surface area (Å²) in [6.45, 7) is 1.87. The van der Waals surface area contributed by atoms with Crippen LogP contribution in [-0.2, 0) is 24.1 Å². The van der Waals surface area contributed by atoms with Crippen molar-refractivity contribution in [2.75, 3.05) is 45.8 Å². The quantitative estimate of drug-likeness (QED) is 0.693. The van der Waals surface area contributed by atoms with Gasteiger partial charge in [-0.1, -0.05) is 0 Å². The minimum Gasteiger partial charge on any atom is -0.381 e. The fraction of sp³-hybridized carbons (Fsp3) is 0.929. The predicted octanol–water partition coefficient (Wildman–Crippen LogP) is 0.0751. The van der Waals surface area contributed by atoms with Gasteiger partial charge in [0.25, 0.3) is 0 Å². The molecule has 3 rings (SSSR count). The van der Waals surface area contributed by atoms with Crippen LogP contribution < -0.4 is 0 Å². The molecule has 1 atom stereocenters. The lowest BCUT2D eigenvalue weighted by atomic mass is 9.83. The van der Waals surface area contributed by atoms with E-state index < -0.39 is 14.6 Å². The van der Waals surface area contributed by atoms with Gasteiger partial charge in [-0.25, -0.2) is 8.42 Å². The molecule has 0 N–H and O–H groups in total. The van der Waals surface area contributed by atoms with Gasteiger partial charge >= 0.3 is 0 Å². The van der Waals surface area contributed by atoms with Gasteiger partial charge in [0.1, 0.15) is 11.4 Å². The summed E-state index contributed by atoms with van der Waals surface area (Å²) < 4.78 is 34.5. The van der Waals surface area contributed by atoms with Crippen molar-refractivity contribution >= 4 is 15.7 Å². The van der Waals surface area contributed by atoms with E-state index in [1.54, 1.807) is 4.90 Å². The number of likely N-dealkylation sites (tertiary alicyclic amines) is 1. The summed E-state index contributed by atoms with van der Waals surface area (Å²) in [5.74, 6) is 0.785. The lowest BCUT2D eigenvalue weighted by Crippen LogP contribution is -2.69. The molecule has 6 nitrogen and oxygen atoms in total. The van der Waals surface area contributed by atoms with E-state index in [1.165, 1.54) is 20.0 Å². The van der Waals surface area contributed by atoms with E-state index in [4.69, 9.17) is 9.47 Å². The molecule has 1 amide bonds. The average molecular weight is 317 g/mol. The fourth-order valence-corrected chi connectivity index (χ4v) is 5.76. The topological polar surface area (TPSA) is 72.9 Å². The number of carbonyl (C=O) groups is 1. The van der Waals surface area contributed by atoms with E-state index in [1.807, 2.05) is 0 Å². The number of methoxy groups -OCH3 is 1. The van der Waals surface area contributed by atoms with Crippen molar-refractivity contribution in [2.24, 2.45) is 11.8 Å². The monoisotopic (exact) mass is 317 g/mol. The van der Waals surface area contributed by atoms with Gasteiger partial charge in [-0.15, -0.1) is 0 Å². The fourth-order valence-electron chi connectivity index (χ4n) is 3.36. The van der Waals surface area contributed by atoms with E-state index in [-0.39, 0.29) is 24.2 Å². The van der Waals surface area contributed by atoms with Gasteiger partial charge < -0.3 is 14.4 Å². The van der Waals surface area contributed by atoms with Gasteiger partial charge in [0.2, 0.25) is 5.91 Å². The maximum atomic E-state index is 12.4. The molecule has 2 heterocycles. The minimum atomic E-state index is -3.13. The second-order valence-corrected chi connectivity index (χ2v) is 8.98. The van der Waals surface area contributed by atoms with Crippen molar-refractivity contribution in [3.8, 4) is 0 Å². The van der Waals surface area contributed by atoms with Crippen LogP contribution in [0.1, 0.15) is 19.3 Å². The number of rotatable bonds is 6. The second-order valence-electron chi connectivity index (χ2n) is 6.53. The maximum Gasteiger partial charge on any atom is 0.248 e. The molecular formula is C14H23NO5S. The van der Waals surface area contributed by atoms with Crippen LogP contribution in [0.4, 0.5) is 0 Å². The number of ether oxygens (including phenoxy) is 2. The number of hydrogen-bond donors (Lipinski definition) is 0. The molecule has 7 heteroatoms. The Morgan fingerprint density at radius 1 is 1.24 bits per heavy atom. The maximum absolute atomic E-state index is 12.4. The number of nitrogens with zero attached hydrogens (tertiary/aromatic N) is 1. The molecule has 21 heavy (non-hydrogen) atoms. The summed E-state index contributed by atoms with van der Waals surface area (Å²) in [6, 6.07) is 0. The van der Waals surface area contributed by atoms with Gasteiger partial charge in [0.05, 0.1) is 12.4 Å². The van der Waals surface area contributed by atoms with Crippen molar-refractivity contribution < 1.29 is 22.7 Å². The van der Waals surface area contributed by atoms with Gasteiger partial charge in [-0.2, -0.15) is 0 Å². The van der Waals surface area contributed by atoms with E-state index in [0.717, 1.165) is 6.61 Å². The van der Waals surface area contributed by atoms with Crippen LogP contribution >= 0.6 is 0 Å². The Morgan fingerprint density at radius 2 is 1.95 bits per heavy atom. The number of sulfone groups is 1. The molecule has 3 fully saturated rings. The van der Waals surface area contributed by atoms with Gasteiger partial charge in [-0.05, 0) is 25.2 Å². The summed E-state index contributed by atoms with van der Waals surface area (Å²) in [4.78, 5) is 13.4. The van der Waals surface area contributed by atoms with Crippen molar-refractivity contribution in [3.63, 3.8) is 0 Å². The first kappa shape index (κ1) is 15.2. The standard InChI is InChI=1S/C14H23NO5S/c1-19-8-13(16)15-9-14(10-15)12(4-5-21(14,17)18)7-20-6-11-2-3-11/h11-12H,2-10H2,1H3/t12-/m0/s1. The minimum absolute atomic E-state index is 0.0129. The molecule has 1 aliphatic carbocycles. The lowest BCUT2D eigenvalue weighted by Gasteiger charge is -2.49. The van der Waals surface area contributed by atoms with E-state index in [0.29, 0.717) is 32.0 Å². The zero-order chi connectivity index (χ0) is 15.1. The summed E-state index contributed by atoms with van der Waals surface area (Å²) in [7, 11) is -1.66. The summed E-state index contributed by atoms with van der Waals surface area (Å²) in [6.07, 6.45) is 3.11. The van der Waals surface area contributed by atoms with Crippen LogP contribution in [0.25, 0.3) is 0 Å². The van der Waals surface area contributed by atoms with Crippen LogP contribution in [0, 0.1) is 11.8 Å². The van der Waals surface area contributed by atoms with Gasteiger partial charge in [0, 0.05) is 32.7 Å². The molecule has 3 aliphatic rings. The average Bonchev–Trinajstić information content (AvgIpc) is 3.13. The zero-order valence-electron chi connectivity index (χ0n) is 12.4. The first-order chi connectivity index (χ1) is 9.98. The van der Waals surface area contributed by atoms with Crippen LogP contribution in [0.2, 0.25) is 0 Å². The van der Waals surface area contributed by atoms with E-state index in [9.17, 15) is 13.2 Å². The molecule has 0 aromatic heterocycles. The summed E-state index contributed by atoms with van der Waals surface area (Å²) in [5, 5.41) is 0. The molecule has 0 unspecified atom stereocenters. The highest BCUT2D eigenvalue weighted by Crippen LogP contribution is 2.45. The molecule has 0 radical (unpaired) electrons. The van der Waals surface area contributed by atoms with Crippen LogP contribution in [0.5, 0.6) is 0 Å². The van der Waals surface area contributed by atoms with Crippen molar-refractivity contribution in [2.45, 2.75) is 24.0 Å². The largest absolute Gasteiger partial charge is 0.381 e. The van der Waals surface area contributed by atoms with Crippen molar-refractivity contribution in [1.82, 2.24) is 4.90 Å². The third kappa shape index (κ3) is 2.71. The highest BCUT2D eigenvalue weighted by molar-refractivity contribution is 7.93. The molecule has 0 aromatic carbocycles. The van der Waals surface area contributed by atoms with E-state index >= 15 is 0 Å². The molecule has 1 saturated carbocycles. The SMILES string of the molecule is COCC(=O)N1CC2(C1)[C@H](COCC1CC1)CCS2(=O)=O. The number of carbonyl (C=O) groups excluding carboxylic acids is 1. The highest BCUT2D eigenvalue weighted by atomic mass is 32.2. The third-order valence-corrected chi connectivity index (χ3v) is 7.61. The number of amides is 1. The smallest absolute Gasteiger partial charge is 0.248 e. The summed E-state index contributed by atoms with van der Waals surface area (Å²) >= 11 is 0. The van der Waals surface area contributed by atoms with Crippen LogP contribution in [0.3, 0.4) is 0 Å². The highest BCUT2D eigenvalue weighted by Gasteiger charge is 2.62. The second kappa shape index (κ2) is 5.52. The van der Waals surface area contributed by atoms with Crippen molar-refractivity contribution in [1.29, 1.82) is 0 Å². The molecule has 2 aliphatic heterocycles. The molecule has 120 valence electrons. The summed E-state index contributed by atoms with van der Waals surface area (Å²) in [5.41, 5.74) is 0. The Labute approximate surface area is 125 Å². The Kier molecular flexibility index (Phi) is 4.00. The Bertz CT molecular complexity index is 507. The first-order valence-corrected chi connectivity index (χ1v) is 9.20. The Morgan fingerprint density at radius 3 is 2.57 bits per heavy atom. The van der Waals surface area contributed by atoms with E-state index in [2.05, 4.69) is 0 Å². The third-order valence-electron chi connectivity index (χ3n) is 5.01. The number of hydrogen-bond acceptors (Lipinski definition) is 5. The Hall–Kier alpha value is -0.660. The molecule has 2 saturated heterocycles. The van der Waals surface area contributed by atoms with Crippen molar-refractivity contribution in [3.05, 3.63) is 0 Å². The normalized spacial score (nSPS) is 29.6. The lowest BCUT2D eigenvalue weighted by molar-refractivity contribution is -0.141. The van der Waals surface area contributed by atoms with Crippen LogP contribution in [-0.4, -0.2) is 69.7 Å². The van der Waals surface area contributed by atoms with Crippen LogP contribution in [0.15, 0.2) is 0 Å². The first-order valence-electron chi connectivity index (χ1n) is 7.55. The zero-order valence-corrected chi connectivity index (χ0v) is 13.2. The molecule has 0 bridgehead atoms. The molecule has 0 aromatic rings. The van der Waals surface area contributed by atoms with Gasteiger partial charge in [-0.3, -0.25) is 4.79 Å². The van der Waals surface area contributed by atoms with Gasteiger partial charge in [0.15, 0.2) is 9.84 Å². The predicted molar refractivity (Wildman–Crippen MR) is 76.6 cm³/mol.